The van der Waals surface area contributed by atoms with Crippen molar-refractivity contribution in [3.8, 4) is 0 Å². The van der Waals surface area contributed by atoms with Gasteiger partial charge in [0.2, 0.25) is 10.0 Å². The molecule has 0 heterocycles. The fourth-order valence-corrected chi connectivity index (χ4v) is 3.42. The lowest BCUT2D eigenvalue weighted by molar-refractivity contribution is 0.116. The quantitative estimate of drug-likeness (QED) is 0.727. The summed E-state index contributed by atoms with van der Waals surface area (Å²) in [5.41, 5.74) is 1.37. The summed E-state index contributed by atoms with van der Waals surface area (Å²) in [5.74, 6) is 0.0472. The van der Waals surface area contributed by atoms with Gasteiger partial charge in [-0.25, -0.2) is 13.1 Å². The molecule has 6 heteroatoms. The van der Waals surface area contributed by atoms with Gasteiger partial charge >= 0.3 is 0 Å². The highest BCUT2D eigenvalue weighted by atomic mass is 32.2. The van der Waals surface area contributed by atoms with Crippen LogP contribution in [0, 0.1) is 5.92 Å². The molecule has 1 unspecified atom stereocenters. The lowest BCUT2D eigenvalue weighted by Crippen LogP contribution is -2.42. The van der Waals surface area contributed by atoms with Gasteiger partial charge in [0, 0.05) is 12.6 Å². The number of aliphatic hydroxyl groups excluding tert-OH is 1. The number of sulfonamides is 1. The maximum Gasteiger partial charge on any atom is 0.216 e. The number of benzene rings is 1. The maximum absolute atomic E-state index is 12.2. The summed E-state index contributed by atoms with van der Waals surface area (Å²) in [6.45, 7) is 6.62. The van der Waals surface area contributed by atoms with E-state index in [-0.39, 0.29) is 24.3 Å². The van der Waals surface area contributed by atoms with Crippen LogP contribution in [0.2, 0.25) is 0 Å². The molecule has 0 aliphatic carbocycles. The molecule has 5 nitrogen and oxygen atoms in total. The van der Waals surface area contributed by atoms with Crippen molar-refractivity contribution in [2.24, 2.45) is 5.92 Å². The van der Waals surface area contributed by atoms with E-state index < -0.39 is 10.0 Å². The first-order valence-electron chi connectivity index (χ1n) is 7.14. The van der Waals surface area contributed by atoms with Gasteiger partial charge in [0.15, 0.2) is 0 Å². The van der Waals surface area contributed by atoms with E-state index in [9.17, 15) is 8.42 Å². The zero-order chi connectivity index (χ0) is 15.9. The number of hydrogen-bond acceptors (Lipinski definition) is 4. The number of nitrogens with one attached hydrogen (secondary N) is 1. The van der Waals surface area contributed by atoms with E-state index in [1.165, 1.54) is 0 Å². The molecule has 0 radical (unpaired) electrons. The summed E-state index contributed by atoms with van der Waals surface area (Å²) in [4.78, 5) is 0. The predicted molar refractivity (Wildman–Crippen MR) is 83.2 cm³/mol. The summed E-state index contributed by atoms with van der Waals surface area (Å²) >= 11 is 0. The van der Waals surface area contributed by atoms with Crippen molar-refractivity contribution in [2.75, 3.05) is 13.2 Å². The van der Waals surface area contributed by atoms with Crippen LogP contribution in [0.5, 0.6) is 0 Å². The number of ether oxygens (including phenoxy) is 1. The molecule has 0 bridgehead atoms. The standard InChI is InChI=1S/C15H25NO4S/c1-4-20-10-15(12(2)3)16-21(18,19)11-14-7-5-6-13(8-14)9-17/h5-8,12,15-17H,4,9-11H2,1-3H3. The molecule has 0 aromatic heterocycles. The largest absolute Gasteiger partial charge is 0.392 e. The summed E-state index contributed by atoms with van der Waals surface area (Å²) in [6.07, 6.45) is 0. The van der Waals surface area contributed by atoms with Crippen LogP contribution >= 0.6 is 0 Å². The first-order valence-corrected chi connectivity index (χ1v) is 8.79. The molecular weight excluding hydrogens is 290 g/mol. The molecule has 0 saturated heterocycles. The van der Waals surface area contributed by atoms with Crippen LogP contribution in [-0.2, 0) is 27.1 Å². The van der Waals surface area contributed by atoms with Crippen molar-refractivity contribution in [1.29, 1.82) is 0 Å². The van der Waals surface area contributed by atoms with Crippen molar-refractivity contribution < 1.29 is 18.3 Å². The van der Waals surface area contributed by atoms with E-state index in [1.54, 1.807) is 24.3 Å². The van der Waals surface area contributed by atoms with Gasteiger partial charge in [0.05, 0.1) is 19.0 Å². The van der Waals surface area contributed by atoms with Crippen molar-refractivity contribution in [2.45, 2.75) is 39.2 Å². The molecule has 0 saturated carbocycles. The highest BCUT2D eigenvalue weighted by molar-refractivity contribution is 7.88. The lowest BCUT2D eigenvalue weighted by atomic mass is 10.1. The SMILES string of the molecule is CCOCC(NS(=O)(=O)Cc1cccc(CO)c1)C(C)C. The normalized spacial score (nSPS) is 13.6. The molecule has 0 spiro atoms. The Labute approximate surface area is 127 Å². The number of hydrogen-bond donors (Lipinski definition) is 2. The molecule has 120 valence electrons. The molecule has 0 amide bonds. The fourth-order valence-electron chi connectivity index (χ4n) is 1.92. The molecular formula is C15H25NO4S. The molecule has 1 rings (SSSR count). The molecule has 1 atom stereocenters. The molecule has 2 N–H and O–H groups in total. The molecule has 0 fully saturated rings. The summed E-state index contributed by atoms with van der Waals surface area (Å²) in [7, 11) is -3.45. The van der Waals surface area contributed by atoms with Crippen molar-refractivity contribution in [1.82, 2.24) is 4.72 Å². The third-order valence-electron chi connectivity index (χ3n) is 3.17. The smallest absolute Gasteiger partial charge is 0.216 e. The minimum atomic E-state index is -3.45. The highest BCUT2D eigenvalue weighted by Gasteiger charge is 2.21. The molecule has 0 aliphatic rings. The summed E-state index contributed by atoms with van der Waals surface area (Å²) in [5, 5.41) is 9.09. The highest BCUT2D eigenvalue weighted by Crippen LogP contribution is 2.11. The first-order chi connectivity index (χ1) is 9.88. The Balaban J connectivity index is 2.75. The Morgan fingerprint density at radius 2 is 1.95 bits per heavy atom. The maximum atomic E-state index is 12.2. The van der Waals surface area contributed by atoms with Crippen LogP contribution in [0.25, 0.3) is 0 Å². The van der Waals surface area contributed by atoms with Gasteiger partial charge in [-0.2, -0.15) is 0 Å². The molecule has 21 heavy (non-hydrogen) atoms. The lowest BCUT2D eigenvalue weighted by Gasteiger charge is -2.22. The van der Waals surface area contributed by atoms with Crippen LogP contribution in [0.4, 0.5) is 0 Å². The molecule has 0 aliphatic heterocycles. The minimum absolute atomic E-state index is 0.0969. The Bertz CT molecular complexity index is 528. The third kappa shape index (κ3) is 6.56. The Hall–Kier alpha value is -0.950. The second kappa shape index (κ2) is 8.48. The predicted octanol–water partition coefficient (Wildman–Crippen LogP) is 1.66. The monoisotopic (exact) mass is 315 g/mol. The molecule has 1 aromatic carbocycles. The van der Waals surface area contributed by atoms with Crippen LogP contribution in [0.3, 0.4) is 0 Å². The average molecular weight is 315 g/mol. The Kier molecular flexibility index (Phi) is 7.31. The first kappa shape index (κ1) is 18.1. The number of aliphatic hydroxyl groups is 1. The Morgan fingerprint density at radius 3 is 2.52 bits per heavy atom. The van der Waals surface area contributed by atoms with Gasteiger partial charge in [-0.15, -0.1) is 0 Å². The van der Waals surface area contributed by atoms with Gasteiger partial charge in [-0.1, -0.05) is 38.1 Å². The van der Waals surface area contributed by atoms with Gasteiger partial charge in [-0.3, -0.25) is 0 Å². The van der Waals surface area contributed by atoms with Crippen LogP contribution in [0.1, 0.15) is 31.9 Å². The van der Waals surface area contributed by atoms with Crippen LogP contribution in [0.15, 0.2) is 24.3 Å². The van der Waals surface area contributed by atoms with E-state index in [0.717, 1.165) is 0 Å². The third-order valence-corrected chi connectivity index (χ3v) is 4.54. The van der Waals surface area contributed by atoms with Gasteiger partial charge < -0.3 is 9.84 Å². The van der Waals surface area contributed by atoms with E-state index in [2.05, 4.69) is 4.72 Å². The zero-order valence-corrected chi connectivity index (χ0v) is 13.7. The van der Waals surface area contributed by atoms with Gasteiger partial charge in [-0.05, 0) is 24.0 Å². The van der Waals surface area contributed by atoms with E-state index in [1.807, 2.05) is 20.8 Å². The van der Waals surface area contributed by atoms with Gasteiger partial charge in [0.25, 0.3) is 0 Å². The van der Waals surface area contributed by atoms with Crippen LogP contribution in [-0.4, -0.2) is 32.8 Å². The van der Waals surface area contributed by atoms with Crippen molar-refractivity contribution in [3.63, 3.8) is 0 Å². The molecule has 1 aromatic rings. The minimum Gasteiger partial charge on any atom is -0.392 e. The van der Waals surface area contributed by atoms with Crippen LogP contribution < -0.4 is 4.72 Å². The van der Waals surface area contributed by atoms with Crippen molar-refractivity contribution >= 4 is 10.0 Å². The van der Waals surface area contributed by atoms with E-state index >= 15 is 0 Å². The second-order valence-corrected chi connectivity index (χ2v) is 7.12. The van der Waals surface area contributed by atoms with E-state index in [0.29, 0.717) is 24.3 Å². The van der Waals surface area contributed by atoms with E-state index in [4.69, 9.17) is 9.84 Å². The second-order valence-electron chi connectivity index (χ2n) is 5.36. The average Bonchev–Trinajstić information content (AvgIpc) is 2.42. The number of rotatable bonds is 9. The topological polar surface area (TPSA) is 75.6 Å². The fraction of sp³-hybridized carbons (Fsp3) is 0.600. The summed E-state index contributed by atoms with van der Waals surface area (Å²) in [6, 6.07) is 6.71. The summed E-state index contributed by atoms with van der Waals surface area (Å²) < 4.78 is 32.5. The van der Waals surface area contributed by atoms with Gasteiger partial charge in [0.1, 0.15) is 0 Å². The zero-order valence-electron chi connectivity index (χ0n) is 12.9. The van der Waals surface area contributed by atoms with Crippen molar-refractivity contribution in [3.05, 3.63) is 35.4 Å². The Morgan fingerprint density at radius 1 is 1.29 bits per heavy atom.